The lowest BCUT2D eigenvalue weighted by atomic mass is 9.87. The molecule has 0 aliphatic rings. The van der Waals surface area contributed by atoms with E-state index in [0.29, 0.717) is 5.75 Å². The Morgan fingerprint density at radius 3 is 2.41 bits per heavy atom. The fraction of sp³-hybridized carbons (Fsp3) is 0.385. The van der Waals surface area contributed by atoms with Gasteiger partial charge in [-0.1, -0.05) is 32.9 Å². The number of esters is 1. The summed E-state index contributed by atoms with van der Waals surface area (Å²) in [5, 5.41) is 10.1. The van der Waals surface area contributed by atoms with Crippen molar-refractivity contribution in [2.45, 2.75) is 26.2 Å². The van der Waals surface area contributed by atoms with Gasteiger partial charge in [-0.25, -0.2) is 0 Å². The molecule has 4 heteroatoms. The van der Waals surface area contributed by atoms with Gasteiger partial charge >= 0.3 is 5.97 Å². The second-order valence-electron chi connectivity index (χ2n) is 4.63. The van der Waals surface area contributed by atoms with E-state index in [9.17, 15) is 4.79 Å². The molecule has 1 rings (SSSR count). The molecule has 0 saturated carbocycles. The van der Waals surface area contributed by atoms with Crippen molar-refractivity contribution in [2.75, 3.05) is 5.75 Å². The molecule has 0 radical (unpaired) electrons. The largest absolute Gasteiger partial charge is 0.426 e. The SMILES string of the molecule is CC(C)(C)c1ccc(OC(=O)CSC#N)cc1. The van der Waals surface area contributed by atoms with Crippen LogP contribution >= 0.6 is 11.8 Å². The molecular formula is C13H15NO2S. The molecule has 0 saturated heterocycles. The molecule has 0 unspecified atom stereocenters. The number of rotatable bonds is 3. The third kappa shape index (κ3) is 4.49. The van der Waals surface area contributed by atoms with Crippen LogP contribution in [-0.4, -0.2) is 11.7 Å². The maximum Gasteiger partial charge on any atom is 0.322 e. The van der Waals surface area contributed by atoms with Gasteiger partial charge in [-0.05, 0) is 34.9 Å². The van der Waals surface area contributed by atoms with Gasteiger partial charge in [-0.2, -0.15) is 5.26 Å². The first-order valence-electron chi connectivity index (χ1n) is 5.25. The van der Waals surface area contributed by atoms with Crippen molar-refractivity contribution in [3.63, 3.8) is 0 Å². The summed E-state index contributed by atoms with van der Waals surface area (Å²) in [6.07, 6.45) is 0. The number of benzene rings is 1. The predicted octanol–water partition coefficient (Wildman–Crippen LogP) is 3.10. The zero-order valence-electron chi connectivity index (χ0n) is 10.2. The van der Waals surface area contributed by atoms with Gasteiger partial charge < -0.3 is 4.74 Å². The maximum atomic E-state index is 11.3. The van der Waals surface area contributed by atoms with Gasteiger partial charge in [-0.3, -0.25) is 4.79 Å². The van der Waals surface area contributed by atoms with Gasteiger partial charge in [0.1, 0.15) is 16.9 Å². The smallest absolute Gasteiger partial charge is 0.322 e. The third-order valence-electron chi connectivity index (χ3n) is 2.21. The first-order chi connectivity index (χ1) is 7.93. The summed E-state index contributed by atoms with van der Waals surface area (Å²) >= 11 is 0.874. The van der Waals surface area contributed by atoms with E-state index in [4.69, 9.17) is 10.00 Å². The molecule has 0 atom stereocenters. The molecule has 0 bridgehead atoms. The van der Waals surface area contributed by atoms with Crippen molar-refractivity contribution < 1.29 is 9.53 Å². The summed E-state index contributed by atoms with van der Waals surface area (Å²) < 4.78 is 5.07. The number of hydrogen-bond acceptors (Lipinski definition) is 4. The second kappa shape index (κ2) is 5.74. The highest BCUT2D eigenvalue weighted by Crippen LogP contribution is 2.24. The molecule has 90 valence electrons. The van der Waals surface area contributed by atoms with Crippen LogP contribution < -0.4 is 4.74 Å². The monoisotopic (exact) mass is 249 g/mol. The van der Waals surface area contributed by atoms with Crippen molar-refractivity contribution in [2.24, 2.45) is 0 Å². The van der Waals surface area contributed by atoms with Gasteiger partial charge in [0.05, 0.1) is 0 Å². The average molecular weight is 249 g/mol. The minimum Gasteiger partial charge on any atom is -0.426 e. The number of hydrogen-bond donors (Lipinski definition) is 0. The van der Waals surface area contributed by atoms with Crippen molar-refractivity contribution in [1.82, 2.24) is 0 Å². The van der Waals surface area contributed by atoms with Crippen LogP contribution in [0, 0.1) is 10.7 Å². The van der Waals surface area contributed by atoms with Crippen molar-refractivity contribution >= 4 is 17.7 Å². The van der Waals surface area contributed by atoms with Gasteiger partial charge in [0.15, 0.2) is 0 Å². The van der Waals surface area contributed by atoms with Crippen LogP contribution in [0.1, 0.15) is 26.3 Å². The fourth-order valence-electron chi connectivity index (χ4n) is 1.28. The average Bonchev–Trinajstić information content (AvgIpc) is 2.26. The Bertz CT molecular complexity index is 426. The van der Waals surface area contributed by atoms with Gasteiger partial charge in [0, 0.05) is 0 Å². The predicted molar refractivity (Wildman–Crippen MR) is 68.8 cm³/mol. The summed E-state index contributed by atoms with van der Waals surface area (Å²) in [6.45, 7) is 6.37. The molecule has 0 fully saturated rings. The number of carbonyl (C=O) groups excluding carboxylic acids is 1. The lowest BCUT2D eigenvalue weighted by Crippen LogP contribution is -2.12. The van der Waals surface area contributed by atoms with Crippen molar-refractivity contribution in [3.8, 4) is 11.2 Å². The lowest BCUT2D eigenvalue weighted by molar-refractivity contribution is -0.131. The van der Waals surface area contributed by atoms with Gasteiger partial charge in [-0.15, -0.1) is 0 Å². The molecule has 0 aliphatic carbocycles. The second-order valence-corrected chi connectivity index (χ2v) is 5.39. The minimum atomic E-state index is -0.403. The Morgan fingerprint density at radius 2 is 1.94 bits per heavy atom. The molecule has 0 amide bonds. The fourth-order valence-corrected chi connectivity index (χ4v) is 1.52. The van der Waals surface area contributed by atoms with E-state index < -0.39 is 5.97 Å². The van der Waals surface area contributed by atoms with Crippen LogP contribution in [0.3, 0.4) is 0 Å². The first-order valence-corrected chi connectivity index (χ1v) is 6.24. The highest BCUT2D eigenvalue weighted by atomic mass is 32.2. The van der Waals surface area contributed by atoms with E-state index in [2.05, 4.69) is 20.8 Å². The van der Waals surface area contributed by atoms with Crippen molar-refractivity contribution in [1.29, 1.82) is 5.26 Å². The lowest BCUT2D eigenvalue weighted by Gasteiger charge is -2.18. The normalized spacial score (nSPS) is 10.7. The topological polar surface area (TPSA) is 50.1 Å². The zero-order chi connectivity index (χ0) is 12.9. The van der Waals surface area contributed by atoms with Crippen molar-refractivity contribution in [3.05, 3.63) is 29.8 Å². The summed E-state index contributed by atoms with van der Waals surface area (Å²) in [6, 6.07) is 7.44. The molecule has 1 aromatic carbocycles. The number of nitrogens with zero attached hydrogens (tertiary/aromatic N) is 1. The number of carbonyl (C=O) groups is 1. The molecule has 0 aliphatic heterocycles. The first kappa shape index (κ1) is 13.6. The Hall–Kier alpha value is -1.47. The number of nitriles is 1. The molecule has 1 aromatic rings. The van der Waals surface area contributed by atoms with Crippen LogP contribution in [0.4, 0.5) is 0 Å². The highest BCUT2D eigenvalue weighted by molar-refractivity contribution is 8.04. The van der Waals surface area contributed by atoms with Crippen LogP contribution in [0.5, 0.6) is 5.75 Å². The summed E-state index contributed by atoms with van der Waals surface area (Å²) in [7, 11) is 0. The quantitative estimate of drug-likeness (QED) is 0.469. The number of thiocyanates is 1. The molecule has 17 heavy (non-hydrogen) atoms. The summed E-state index contributed by atoms with van der Waals surface area (Å²) in [5.41, 5.74) is 1.27. The molecule has 0 heterocycles. The van der Waals surface area contributed by atoms with Crippen LogP contribution in [0.15, 0.2) is 24.3 Å². The Labute approximate surface area is 106 Å². The molecular weight excluding hydrogens is 234 g/mol. The van der Waals surface area contributed by atoms with Gasteiger partial charge in [0.25, 0.3) is 0 Å². The van der Waals surface area contributed by atoms with E-state index in [1.165, 1.54) is 5.56 Å². The standard InChI is InChI=1S/C13H15NO2S/c1-13(2,3)10-4-6-11(7-5-10)16-12(15)8-17-9-14/h4-7H,8H2,1-3H3. The third-order valence-corrected chi connectivity index (χ3v) is 2.72. The van der Waals surface area contributed by atoms with Crippen LogP contribution in [0.25, 0.3) is 0 Å². The number of thioether (sulfide) groups is 1. The Balaban J connectivity index is 2.63. The zero-order valence-corrected chi connectivity index (χ0v) is 11.0. The Morgan fingerprint density at radius 1 is 1.35 bits per heavy atom. The van der Waals surface area contributed by atoms with E-state index >= 15 is 0 Å². The van der Waals surface area contributed by atoms with Crippen LogP contribution in [-0.2, 0) is 10.2 Å². The van der Waals surface area contributed by atoms with Crippen LogP contribution in [0.2, 0.25) is 0 Å². The Kier molecular flexibility index (Phi) is 4.59. The summed E-state index contributed by atoms with van der Waals surface area (Å²) in [4.78, 5) is 11.3. The molecule has 0 N–H and O–H groups in total. The van der Waals surface area contributed by atoms with E-state index in [1.807, 2.05) is 17.5 Å². The van der Waals surface area contributed by atoms with E-state index in [-0.39, 0.29) is 11.2 Å². The van der Waals surface area contributed by atoms with Gasteiger partial charge in [0.2, 0.25) is 0 Å². The number of ether oxygens (including phenoxy) is 1. The summed E-state index contributed by atoms with van der Waals surface area (Å²) in [5.74, 6) is 0.166. The van der Waals surface area contributed by atoms with E-state index in [1.54, 1.807) is 12.1 Å². The minimum absolute atomic E-state index is 0.0531. The molecule has 0 aromatic heterocycles. The highest BCUT2D eigenvalue weighted by Gasteiger charge is 2.13. The maximum absolute atomic E-state index is 11.3. The molecule has 3 nitrogen and oxygen atoms in total. The van der Waals surface area contributed by atoms with E-state index in [0.717, 1.165) is 11.8 Å². The molecule has 0 spiro atoms.